The standard InChI is InChI=1S/C11H10O3/c1-6-5-8-3-4-9(12)14-11(8)7(2)10(6)13/h3-5,13H,1-2H3. The zero-order valence-electron chi connectivity index (χ0n) is 8.00. The van der Waals surface area contributed by atoms with E-state index in [9.17, 15) is 9.90 Å². The normalized spacial score (nSPS) is 10.7. The van der Waals surface area contributed by atoms with Crippen molar-refractivity contribution in [1.82, 2.24) is 0 Å². The predicted octanol–water partition coefficient (Wildman–Crippen LogP) is 2.12. The van der Waals surface area contributed by atoms with Crippen LogP contribution in [0.25, 0.3) is 11.0 Å². The lowest BCUT2D eigenvalue weighted by molar-refractivity contribution is 0.464. The molecule has 0 unspecified atom stereocenters. The van der Waals surface area contributed by atoms with Crippen LogP contribution in [0.5, 0.6) is 5.75 Å². The van der Waals surface area contributed by atoms with Crippen molar-refractivity contribution in [3.05, 3.63) is 39.7 Å². The molecule has 0 aliphatic carbocycles. The summed E-state index contributed by atoms with van der Waals surface area (Å²) in [5, 5.41) is 10.5. The number of hydrogen-bond acceptors (Lipinski definition) is 3. The summed E-state index contributed by atoms with van der Waals surface area (Å²) in [5.74, 6) is 0.187. The monoisotopic (exact) mass is 190 g/mol. The lowest BCUT2D eigenvalue weighted by Gasteiger charge is -2.05. The van der Waals surface area contributed by atoms with Gasteiger partial charge in [0.25, 0.3) is 0 Å². The zero-order chi connectivity index (χ0) is 10.3. The second kappa shape index (κ2) is 2.87. The summed E-state index contributed by atoms with van der Waals surface area (Å²) in [6.45, 7) is 3.54. The first-order valence-corrected chi connectivity index (χ1v) is 4.32. The molecule has 3 heteroatoms. The molecule has 0 radical (unpaired) electrons. The predicted molar refractivity (Wildman–Crippen MR) is 53.6 cm³/mol. The Hall–Kier alpha value is -1.77. The Balaban J connectivity index is 2.99. The van der Waals surface area contributed by atoms with Gasteiger partial charge in [-0.3, -0.25) is 0 Å². The van der Waals surface area contributed by atoms with E-state index in [4.69, 9.17) is 4.42 Å². The molecule has 0 bridgehead atoms. The quantitative estimate of drug-likeness (QED) is 0.647. The van der Waals surface area contributed by atoms with Gasteiger partial charge in [0, 0.05) is 17.0 Å². The van der Waals surface area contributed by atoms with Gasteiger partial charge >= 0.3 is 5.63 Å². The Morgan fingerprint density at radius 3 is 2.71 bits per heavy atom. The maximum atomic E-state index is 11.0. The summed E-state index contributed by atoms with van der Waals surface area (Å²) in [6, 6.07) is 4.86. The van der Waals surface area contributed by atoms with Gasteiger partial charge in [0.15, 0.2) is 0 Å². The minimum Gasteiger partial charge on any atom is -0.507 e. The van der Waals surface area contributed by atoms with E-state index in [1.54, 1.807) is 19.1 Å². The van der Waals surface area contributed by atoms with Crippen LogP contribution < -0.4 is 5.63 Å². The highest BCUT2D eigenvalue weighted by atomic mass is 16.4. The van der Waals surface area contributed by atoms with Crippen molar-refractivity contribution in [2.24, 2.45) is 0 Å². The summed E-state index contributed by atoms with van der Waals surface area (Å²) in [7, 11) is 0. The molecule has 0 fully saturated rings. The number of aromatic hydroxyl groups is 1. The third-order valence-electron chi connectivity index (χ3n) is 2.31. The van der Waals surface area contributed by atoms with Crippen LogP contribution in [0.3, 0.4) is 0 Å². The Labute approximate surface area is 80.6 Å². The van der Waals surface area contributed by atoms with E-state index in [1.807, 2.05) is 6.92 Å². The van der Waals surface area contributed by atoms with Gasteiger partial charge in [0.05, 0.1) is 0 Å². The number of rotatable bonds is 0. The van der Waals surface area contributed by atoms with E-state index in [-0.39, 0.29) is 5.75 Å². The Bertz CT molecular complexity index is 552. The van der Waals surface area contributed by atoms with Gasteiger partial charge in [-0.05, 0) is 31.5 Å². The zero-order valence-corrected chi connectivity index (χ0v) is 8.00. The summed E-state index contributed by atoms with van der Waals surface area (Å²) < 4.78 is 5.01. The highest BCUT2D eigenvalue weighted by molar-refractivity contribution is 5.82. The molecule has 1 aromatic carbocycles. The van der Waals surface area contributed by atoms with Crippen LogP contribution in [0.15, 0.2) is 27.4 Å². The second-order valence-electron chi connectivity index (χ2n) is 3.34. The molecule has 0 amide bonds. The van der Waals surface area contributed by atoms with Gasteiger partial charge in [-0.15, -0.1) is 0 Å². The van der Waals surface area contributed by atoms with Gasteiger partial charge in [-0.2, -0.15) is 0 Å². The maximum Gasteiger partial charge on any atom is 0.336 e. The van der Waals surface area contributed by atoms with Crippen LogP contribution in [0, 0.1) is 13.8 Å². The second-order valence-corrected chi connectivity index (χ2v) is 3.34. The van der Waals surface area contributed by atoms with E-state index in [2.05, 4.69) is 0 Å². The van der Waals surface area contributed by atoms with Crippen molar-refractivity contribution in [3.63, 3.8) is 0 Å². The van der Waals surface area contributed by atoms with Crippen molar-refractivity contribution >= 4 is 11.0 Å². The Morgan fingerprint density at radius 2 is 2.00 bits per heavy atom. The molecule has 2 rings (SSSR count). The maximum absolute atomic E-state index is 11.0. The molecule has 14 heavy (non-hydrogen) atoms. The molecular formula is C11H10O3. The number of aryl methyl sites for hydroxylation is 2. The van der Waals surface area contributed by atoms with Crippen LogP contribution in [-0.2, 0) is 0 Å². The molecule has 2 aromatic rings. The molecule has 1 aromatic heterocycles. The van der Waals surface area contributed by atoms with Crippen molar-refractivity contribution in [2.45, 2.75) is 13.8 Å². The molecule has 0 atom stereocenters. The highest BCUT2D eigenvalue weighted by Crippen LogP contribution is 2.28. The third kappa shape index (κ3) is 1.18. The van der Waals surface area contributed by atoms with Gasteiger partial charge in [0.1, 0.15) is 11.3 Å². The first-order valence-electron chi connectivity index (χ1n) is 4.32. The summed E-state index contributed by atoms with van der Waals surface area (Å²) in [4.78, 5) is 11.0. The van der Waals surface area contributed by atoms with Gasteiger partial charge in [0.2, 0.25) is 0 Å². The van der Waals surface area contributed by atoms with Crippen molar-refractivity contribution in [3.8, 4) is 5.75 Å². The largest absolute Gasteiger partial charge is 0.507 e. The fraction of sp³-hybridized carbons (Fsp3) is 0.182. The molecule has 0 aliphatic rings. The van der Waals surface area contributed by atoms with Crippen LogP contribution in [0.2, 0.25) is 0 Å². The van der Waals surface area contributed by atoms with Gasteiger partial charge in [-0.25, -0.2) is 4.79 Å². The summed E-state index contributed by atoms with van der Waals surface area (Å²) >= 11 is 0. The first-order chi connectivity index (χ1) is 6.59. The van der Waals surface area contributed by atoms with Crippen LogP contribution in [0.4, 0.5) is 0 Å². The van der Waals surface area contributed by atoms with Crippen LogP contribution >= 0.6 is 0 Å². The van der Waals surface area contributed by atoms with E-state index in [0.29, 0.717) is 11.1 Å². The number of phenolic OH excluding ortho intramolecular Hbond substituents is 1. The first kappa shape index (κ1) is 8.81. The third-order valence-corrected chi connectivity index (χ3v) is 2.31. The SMILES string of the molecule is Cc1cc2ccc(=O)oc2c(C)c1O. The fourth-order valence-electron chi connectivity index (χ4n) is 1.54. The smallest absolute Gasteiger partial charge is 0.336 e. The molecule has 1 heterocycles. The molecular weight excluding hydrogens is 180 g/mol. The van der Waals surface area contributed by atoms with Crippen LogP contribution in [-0.4, -0.2) is 5.11 Å². The molecule has 1 N–H and O–H groups in total. The number of fused-ring (bicyclic) bond motifs is 1. The fourth-order valence-corrected chi connectivity index (χ4v) is 1.54. The molecule has 0 saturated heterocycles. The topological polar surface area (TPSA) is 50.4 Å². The Kier molecular flexibility index (Phi) is 1.81. The van der Waals surface area contributed by atoms with Gasteiger partial charge < -0.3 is 9.52 Å². The van der Waals surface area contributed by atoms with E-state index in [0.717, 1.165) is 10.9 Å². The summed E-state index contributed by atoms with van der Waals surface area (Å²) in [5.41, 5.74) is 1.45. The molecule has 3 nitrogen and oxygen atoms in total. The Morgan fingerprint density at radius 1 is 1.29 bits per heavy atom. The molecule has 0 aliphatic heterocycles. The van der Waals surface area contributed by atoms with Gasteiger partial charge in [-0.1, -0.05) is 0 Å². The van der Waals surface area contributed by atoms with E-state index in [1.165, 1.54) is 6.07 Å². The number of hydrogen-bond donors (Lipinski definition) is 1. The minimum absolute atomic E-state index is 0.187. The highest BCUT2D eigenvalue weighted by Gasteiger charge is 2.08. The van der Waals surface area contributed by atoms with Crippen LogP contribution in [0.1, 0.15) is 11.1 Å². The lowest BCUT2D eigenvalue weighted by atomic mass is 10.1. The average molecular weight is 190 g/mol. The number of phenols is 1. The van der Waals surface area contributed by atoms with Crippen molar-refractivity contribution in [2.75, 3.05) is 0 Å². The minimum atomic E-state index is -0.399. The summed E-state index contributed by atoms with van der Waals surface area (Å²) in [6.07, 6.45) is 0. The lowest BCUT2D eigenvalue weighted by Crippen LogP contribution is -1.96. The van der Waals surface area contributed by atoms with E-state index >= 15 is 0 Å². The molecule has 0 saturated carbocycles. The van der Waals surface area contributed by atoms with Crippen molar-refractivity contribution in [1.29, 1.82) is 0 Å². The number of benzene rings is 1. The average Bonchev–Trinajstić information content (AvgIpc) is 2.16. The molecule has 0 spiro atoms. The van der Waals surface area contributed by atoms with E-state index < -0.39 is 5.63 Å². The van der Waals surface area contributed by atoms with Crippen molar-refractivity contribution < 1.29 is 9.52 Å². The molecule has 72 valence electrons.